The van der Waals surface area contributed by atoms with Crippen molar-refractivity contribution in [1.29, 1.82) is 0 Å². The van der Waals surface area contributed by atoms with Crippen LogP contribution in [-0.4, -0.2) is 76.0 Å². The van der Waals surface area contributed by atoms with E-state index in [-0.39, 0.29) is 30.2 Å². The predicted octanol–water partition coefficient (Wildman–Crippen LogP) is 11.4. The van der Waals surface area contributed by atoms with Crippen LogP contribution in [0.4, 0.5) is 14.5 Å². The topological polar surface area (TPSA) is 84.2 Å². The fourth-order valence-corrected chi connectivity index (χ4v) is 19.2. The molecule has 11 rings (SSSR count). The van der Waals surface area contributed by atoms with E-state index in [2.05, 4.69) is 89.9 Å². The quantitative estimate of drug-likeness (QED) is 0.125. The van der Waals surface area contributed by atoms with E-state index < -0.39 is 13.6 Å². The lowest BCUT2D eigenvalue weighted by molar-refractivity contribution is -0.0366. The molecule has 2 aromatic carbocycles. The van der Waals surface area contributed by atoms with Crippen LogP contribution in [0.1, 0.15) is 122 Å². The highest BCUT2D eigenvalue weighted by atomic mass is 32.1. The van der Waals surface area contributed by atoms with Crippen molar-refractivity contribution in [1.82, 2.24) is 34.9 Å². The first-order chi connectivity index (χ1) is 30.5. The van der Waals surface area contributed by atoms with Crippen LogP contribution in [0.5, 0.6) is 0 Å². The van der Waals surface area contributed by atoms with Gasteiger partial charge >= 0.3 is 0 Å². The number of benzene rings is 2. The first kappa shape index (κ1) is 41.4. The van der Waals surface area contributed by atoms with E-state index >= 15 is 4.39 Å². The highest BCUT2D eigenvalue weighted by Gasteiger charge is 2.52. The van der Waals surface area contributed by atoms with Gasteiger partial charge in [-0.3, -0.25) is 9.88 Å². The van der Waals surface area contributed by atoms with Gasteiger partial charge in [0.05, 0.1) is 57.3 Å². The molecule has 5 fully saturated rings. The van der Waals surface area contributed by atoms with Gasteiger partial charge in [0.25, 0.3) is 0 Å². The number of piperazine rings is 1. The molecule has 0 amide bonds. The molecule has 0 spiro atoms. The third-order valence-corrected chi connectivity index (χ3v) is 23.2. The van der Waals surface area contributed by atoms with E-state index in [9.17, 15) is 4.39 Å². The van der Waals surface area contributed by atoms with Crippen molar-refractivity contribution in [2.24, 2.45) is 0 Å². The number of hydrogen-bond acceptors (Lipinski definition) is 9. The summed E-state index contributed by atoms with van der Waals surface area (Å²) in [5.74, 6) is 4.15. The number of aromatic nitrogens is 5. The van der Waals surface area contributed by atoms with Crippen LogP contribution in [0.2, 0.25) is 16.6 Å². The Labute approximate surface area is 373 Å². The van der Waals surface area contributed by atoms with Crippen LogP contribution in [-0.2, 0) is 10.3 Å². The molecule has 5 aliphatic heterocycles. The molecule has 5 saturated heterocycles. The van der Waals surface area contributed by atoms with E-state index in [4.69, 9.17) is 19.8 Å². The summed E-state index contributed by atoms with van der Waals surface area (Å²) < 4.78 is 40.7. The van der Waals surface area contributed by atoms with Crippen molar-refractivity contribution >= 4 is 67.1 Å². The zero-order chi connectivity index (χ0) is 43.4. The molecule has 4 aromatic heterocycles. The van der Waals surface area contributed by atoms with Crippen molar-refractivity contribution in [3.8, 4) is 11.5 Å². The molecule has 5 aliphatic rings. The van der Waals surface area contributed by atoms with Crippen molar-refractivity contribution in [2.45, 2.75) is 139 Å². The number of fused-ring (bicyclic) bond motifs is 8. The highest BCUT2D eigenvalue weighted by Crippen LogP contribution is 2.52. The summed E-state index contributed by atoms with van der Waals surface area (Å²) in [6.45, 7) is 16.8. The monoisotopic (exact) mass is 884 g/mol. The van der Waals surface area contributed by atoms with Gasteiger partial charge in [-0.25, -0.2) is 23.4 Å². The molecule has 0 saturated carbocycles. The second-order valence-electron chi connectivity index (χ2n) is 19.9. The molecule has 1 N–H and O–H groups in total. The van der Waals surface area contributed by atoms with E-state index in [0.717, 1.165) is 129 Å². The number of halogens is 2. The minimum Gasteiger partial charge on any atom is -0.361 e. The number of ether oxygens (including phenoxy) is 1. The minimum absolute atomic E-state index is 0.0174. The SMILES string of the molecule is CC(C)[Si](C#Cc1c(F)ccc2cc3c(cnn3C3CCCCO3)c(N3C4CCC3C(c3nc([C@@]56CCCN5C/C(=C\F)C6)nc5sc6cnccc6c35)NC4)c12)(C(C)C)C(C)C. The fourth-order valence-electron chi connectivity index (χ4n) is 13.0. The number of nitrogens with one attached hydrogen (secondary N) is 1. The van der Waals surface area contributed by atoms with E-state index in [1.807, 2.05) is 24.7 Å². The Bertz CT molecular complexity index is 2850. The van der Waals surface area contributed by atoms with Crippen molar-refractivity contribution in [3.63, 3.8) is 0 Å². The van der Waals surface area contributed by atoms with Crippen LogP contribution < -0.4 is 10.2 Å². The first-order valence-corrected chi connectivity index (χ1v) is 26.5. The van der Waals surface area contributed by atoms with Crippen LogP contribution >= 0.6 is 11.3 Å². The van der Waals surface area contributed by atoms with Gasteiger partial charge in [-0.15, -0.1) is 16.9 Å². The summed E-state index contributed by atoms with van der Waals surface area (Å²) in [5, 5.41) is 14.1. The molecular weight excluding hydrogens is 827 g/mol. The molecule has 6 aromatic rings. The maximum Gasteiger partial charge on any atom is 0.150 e. The molecular formula is C50H58F2N8OSSi. The van der Waals surface area contributed by atoms with Crippen LogP contribution in [0.3, 0.4) is 0 Å². The molecule has 63 heavy (non-hydrogen) atoms. The Morgan fingerprint density at radius 2 is 1.83 bits per heavy atom. The molecule has 5 atom stereocenters. The zero-order valence-corrected chi connectivity index (χ0v) is 39.2. The zero-order valence-electron chi connectivity index (χ0n) is 37.3. The first-order valence-electron chi connectivity index (χ1n) is 23.4. The lowest BCUT2D eigenvalue weighted by Gasteiger charge is -2.43. The molecule has 9 nitrogen and oxygen atoms in total. The third kappa shape index (κ3) is 6.28. The number of hydrogen-bond donors (Lipinski definition) is 1. The van der Waals surface area contributed by atoms with Gasteiger partial charge in [0.1, 0.15) is 18.7 Å². The Morgan fingerprint density at radius 1 is 0.984 bits per heavy atom. The summed E-state index contributed by atoms with van der Waals surface area (Å²) >= 11 is 1.66. The largest absolute Gasteiger partial charge is 0.361 e. The molecule has 0 radical (unpaired) electrons. The van der Waals surface area contributed by atoms with Gasteiger partial charge in [0.15, 0.2) is 12.1 Å². The third-order valence-electron chi connectivity index (χ3n) is 15.8. The number of thiophene rings is 1. The van der Waals surface area contributed by atoms with Gasteiger partial charge in [-0.2, -0.15) is 5.10 Å². The number of pyridine rings is 1. The lowest BCUT2D eigenvalue weighted by atomic mass is 9.90. The van der Waals surface area contributed by atoms with E-state index in [1.54, 1.807) is 17.4 Å². The van der Waals surface area contributed by atoms with Crippen molar-refractivity contribution in [3.05, 3.63) is 77.7 Å². The maximum atomic E-state index is 16.9. The highest BCUT2D eigenvalue weighted by molar-refractivity contribution is 7.25. The summed E-state index contributed by atoms with van der Waals surface area (Å²) in [7, 11) is -2.22. The Balaban J connectivity index is 1.14. The van der Waals surface area contributed by atoms with E-state index in [0.29, 0.717) is 41.8 Å². The molecule has 13 heteroatoms. The van der Waals surface area contributed by atoms with Gasteiger partial charge in [-0.1, -0.05) is 53.5 Å². The van der Waals surface area contributed by atoms with Crippen molar-refractivity contribution in [2.75, 3.05) is 31.1 Å². The average Bonchev–Trinajstić information content (AvgIpc) is 4.10. The maximum absolute atomic E-state index is 16.9. The second kappa shape index (κ2) is 15.7. The van der Waals surface area contributed by atoms with Crippen LogP contribution in [0.25, 0.3) is 42.0 Å². The Kier molecular flexibility index (Phi) is 10.3. The standard InChI is InChI=1S/C50H58F2N8OSSi/c1-29(2)63(30(3)4,31(5)6)21-16-35-38(52)13-11-33-22-40-37(26-55-60(40)42-10-7-8-20-61-42)47(43(33)35)59-34-12-14-39(59)45(54-25-34)46-44-36-15-18-53-27-41(36)62-48(44)57-49(56-46)50-17-9-19-58(50)28-32(23-50)24-51/h11,13,15,18,22,24,26-27,29-31,34,39,42,45,54H,7-10,12,14,17,19-20,23,25,28H2,1-6H3/b32-24-/t34?,39?,42?,45?,50-/m0/s1. The average molecular weight is 885 g/mol. The fraction of sp³-hybridized carbons (Fsp3) is 0.520. The second-order valence-corrected chi connectivity index (χ2v) is 26.5. The summed E-state index contributed by atoms with van der Waals surface area (Å²) in [6, 6.07) is 7.82. The van der Waals surface area contributed by atoms with E-state index in [1.165, 1.54) is 0 Å². The van der Waals surface area contributed by atoms with Crippen LogP contribution in [0, 0.1) is 17.3 Å². The summed E-state index contributed by atoms with van der Waals surface area (Å²) in [4.78, 5) is 21.5. The Morgan fingerprint density at radius 3 is 2.60 bits per heavy atom. The number of anilines is 1. The van der Waals surface area contributed by atoms with Gasteiger partial charge in [0.2, 0.25) is 0 Å². The number of nitrogens with zero attached hydrogens (tertiary/aromatic N) is 7. The van der Waals surface area contributed by atoms with Gasteiger partial charge < -0.3 is 15.0 Å². The predicted molar refractivity (Wildman–Crippen MR) is 253 cm³/mol. The van der Waals surface area contributed by atoms with Crippen LogP contribution in [0.15, 0.2) is 54.8 Å². The minimum atomic E-state index is -2.22. The summed E-state index contributed by atoms with van der Waals surface area (Å²) in [6.07, 6.45) is 13.9. The van der Waals surface area contributed by atoms with Crippen molar-refractivity contribution < 1.29 is 13.5 Å². The normalized spacial score (nSPS) is 26.1. The van der Waals surface area contributed by atoms with Gasteiger partial charge in [0, 0.05) is 59.7 Å². The van der Waals surface area contributed by atoms with Gasteiger partial charge in [-0.05, 0) is 104 Å². The molecule has 4 unspecified atom stereocenters. The summed E-state index contributed by atoms with van der Waals surface area (Å²) in [5.41, 5.74) is 8.98. The number of rotatable bonds is 7. The Hall–Kier alpha value is -4.32. The molecule has 2 bridgehead atoms. The lowest BCUT2D eigenvalue weighted by Crippen LogP contribution is -2.54. The smallest absolute Gasteiger partial charge is 0.150 e. The molecule has 9 heterocycles. The molecule has 0 aliphatic carbocycles. The molecule has 328 valence electrons.